The maximum absolute atomic E-state index is 12.4. The monoisotopic (exact) mass is 609 g/mol. The number of aliphatic hydroxyl groups is 1. The topological polar surface area (TPSA) is 104 Å². The number of allylic oxidation sites excluding steroid dienone is 7. The van der Waals surface area contributed by atoms with Gasteiger partial charge in [0.25, 0.3) is 10.1 Å². The molecule has 0 aromatic heterocycles. The molecule has 0 heterocycles. The maximum Gasteiger partial charge on any atom is 0.267 e. The Kier molecular flexibility index (Phi) is 28.2. The number of carbonyl (C=O) groups is 1. The average Bonchev–Trinajstić information content (AvgIpc) is 2.94. The van der Waals surface area contributed by atoms with E-state index in [0.29, 0.717) is 6.42 Å². The summed E-state index contributed by atoms with van der Waals surface area (Å²) in [7, 11) is -4.34. The molecule has 2 unspecified atom stereocenters. The number of hydrogen-bond donors (Lipinski definition) is 3. The van der Waals surface area contributed by atoms with Gasteiger partial charge in [0.05, 0.1) is 17.9 Å². The van der Waals surface area contributed by atoms with Gasteiger partial charge in [-0.05, 0) is 57.8 Å². The second-order valence-electron chi connectivity index (χ2n) is 11.4. The lowest BCUT2D eigenvalue weighted by Crippen LogP contribution is -2.46. The fourth-order valence-corrected chi connectivity index (χ4v) is 5.39. The fourth-order valence-electron chi connectivity index (χ4n) is 4.66. The molecule has 0 spiro atoms. The summed E-state index contributed by atoms with van der Waals surface area (Å²) in [6.07, 6.45) is 38.2. The second-order valence-corrected chi connectivity index (χ2v) is 12.9. The number of hydrogen-bond acceptors (Lipinski definition) is 4. The highest BCUT2D eigenvalue weighted by molar-refractivity contribution is 7.85. The van der Waals surface area contributed by atoms with E-state index in [9.17, 15) is 22.9 Å². The standard InChI is InChI=1S/C35H63NO5S/c1-3-5-7-9-11-13-14-15-16-17-18-19-20-21-22-23-25-27-29-31-35(38)36-33(32-42(39,40)41)34(37)30-28-26-24-12-10-8-6-4-2/h10-13,15-16,28,30,33-34,37H,3-9,14,17-27,29,31-32H2,1-2H3,(H,36,38)(H,39,40,41)/b12-10+,13-11-,16-15-,30-28+. The molecule has 0 bridgehead atoms. The van der Waals surface area contributed by atoms with Gasteiger partial charge in [-0.1, -0.05) is 133 Å². The fraction of sp³-hybridized carbons (Fsp3) is 0.743. The minimum absolute atomic E-state index is 0.281. The first-order chi connectivity index (χ1) is 20.3. The molecule has 2 atom stereocenters. The Hall–Kier alpha value is -1.70. The number of amides is 1. The van der Waals surface area contributed by atoms with Crippen LogP contribution in [0, 0.1) is 0 Å². The van der Waals surface area contributed by atoms with Gasteiger partial charge in [0.15, 0.2) is 0 Å². The smallest absolute Gasteiger partial charge is 0.267 e. The van der Waals surface area contributed by atoms with Crippen LogP contribution in [0.2, 0.25) is 0 Å². The largest absolute Gasteiger partial charge is 0.387 e. The van der Waals surface area contributed by atoms with E-state index in [0.717, 1.165) is 51.4 Å². The lowest BCUT2D eigenvalue weighted by Gasteiger charge is -2.21. The average molecular weight is 610 g/mol. The summed E-state index contributed by atoms with van der Waals surface area (Å²) in [5.41, 5.74) is 0. The van der Waals surface area contributed by atoms with Crippen molar-refractivity contribution in [3.05, 3.63) is 48.6 Å². The van der Waals surface area contributed by atoms with Crippen molar-refractivity contribution in [2.45, 2.75) is 161 Å². The van der Waals surface area contributed by atoms with Crippen LogP contribution >= 0.6 is 0 Å². The Morgan fingerprint density at radius 2 is 1.12 bits per heavy atom. The first kappa shape index (κ1) is 40.3. The van der Waals surface area contributed by atoms with Crippen molar-refractivity contribution < 1.29 is 22.9 Å². The van der Waals surface area contributed by atoms with Crippen LogP contribution < -0.4 is 5.32 Å². The third-order valence-electron chi connectivity index (χ3n) is 7.23. The zero-order valence-electron chi connectivity index (χ0n) is 26.9. The van der Waals surface area contributed by atoms with E-state index < -0.39 is 28.0 Å². The van der Waals surface area contributed by atoms with Gasteiger partial charge >= 0.3 is 0 Å². The predicted octanol–water partition coefficient (Wildman–Crippen LogP) is 9.18. The molecule has 0 aliphatic rings. The third kappa shape index (κ3) is 29.8. The summed E-state index contributed by atoms with van der Waals surface area (Å²) in [5, 5.41) is 13.0. The Bertz CT molecular complexity index is 847. The molecule has 0 aromatic carbocycles. The molecule has 0 rings (SSSR count). The van der Waals surface area contributed by atoms with Gasteiger partial charge in [0.2, 0.25) is 5.91 Å². The van der Waals surface area contributed by atoms with Crippen molar-refractivity contribution in [2.75, 3.05) is 5.75 Å². The summed E-state index contributed by atoms with van der Waals surface area (Å²) < 4.78 is 32.1. The first-order valence-electron chi connectivity index (χ1n) is 16.8. The first-order valence-corrected chi connectivity index (χ1v) is 18.4. The molecule has 0 aliphatic carbocycles. The molecular weight excluding hydrogens is 546 g/mol. The highest BCUT2D eigenvalue weighted by atomic mass is 32.2. The van der Waals surface area contributed by atoms with Crippen LogP contribution in [0.1, 0.15) is 149 Å². The van der Waals surface area contributed by atoms with Gasteiger partial charge in [0, 0.05) is 6.42 Å². The van der Waals surface area contributed by atoms with Crippen molar-refractivity contribution in [3.8, 4) is 0 Å². The zero-order valence-corrected chi connectivity index (χ0v) is 27.7. The van der Waals surface area contributed by atoms with E-state index in [-0.39, 0.29) is 12.3 Å². The summed E-state index contributed by atoms with van der Waals surface area (Å²) in [5.74, 6) is -1.01. The summed E-state index contributed by atoms with van der Waals surface area (Å²) in [4.78, 5) is 12.4. The predicted molar refractivity (Wildman–Crippen MR) is 179 cm³/mol. The summed E-state index contributed by atoms with van der Waals surface area (Å²) in [6.45, 7) is 4.39. The molecule has 0 fully saturated rings. The van der Waals surface area contributed by atoms with Crippen molar-refractivity contribution in [1.82, 2.24) is 5.32 Å². The summed E-state index contributed by atoms with van der Waals surface area (Å²) >= 11 is 0. The lowest BCUT2D eigenvalue weighted by molar-refractivity contribution is -0.122. The van der Waals surface area contributed by atoms with Gasteiger partial charge in [-0.3, -0.25) is 9.35 Å². The number of nitrogens with one attached hydrogen (secondary N) is 1. The zero-order chi connectivity index (χ0) is 31.2. The highest BCUT2D eigenvalue weighted by Crippen LogP contribution is 2.12. The minimum Gasteiger partial charge on any atom is -0.387 e. The molecule has 6 nitrogen and oxygen atoms in total. The van der Waals surface area contributed by atoms with Gasteiger partial charge in [-0.2, -0.15) is 8.42 Å². The minimum atomic E-state index is -4.34. The molecule has 0 saturated carbocycles. The van der Waals surface area contributed by atoms with E-state index in [1.165, 1.54) is 76.7 Å². The maximum atomic E-state index is 12.4. The van der Waals surface area contributed by atoms with Crippen LogP contribution in [0.3, 0.4) is 0 Å². The third-order valence-corrected chi connectivity index (χ3v) is 8.01. The SMILES string of the molecule is CCCC/C=C/CC/C=C/C(O)C(CS(=O)(=O)O)NC(=O)CCCCCCCCCCC/C=C\C/C=C\CCCCC. The Morgan fingerprint density at radius 3 is 1.71 bits per heavy atom. The Morgan fingerprint density at radius 1 is 0.643 bits per heavy atom. The number of unbranched alkanes of at least 4 members (excludes halogenated alkanes) is 15. The Balaban J connectivity index is 3.95. The molecule has 244 valence electrons. The highest BCUT2D eigenvalue weighted by Gasteiger charge is 2.24. The van der Waals surface area contributed by atoms with Crippen molar-refractivity contribution >= 4 is 16.0 Å². The number of rotatable bonds is 29. The number of carbonyl (C=O) groups excluding carboxylic acids is 1. The van der Waals surface area contributed by atoms with Gasteiger partial charge in [-0.25, -0.2) is 0 Å². The van der Waals surface area contributed by atoms with Gasteiger partial charge in [-0.15, -0.1) is 0 Å². The van der Waals surface area contributed by atoms with Crippen LogP contribution in [-0.2, 0) is 14.9 Å². The van der Waals surface area contributed by atoms with Gasteiger partial charge < -0.3 is 10.4 Å². The second kappa shape index (κ2) is 29.4. The number of aliphatic hydroxyl groups excluding tert-OH is 1. The normalized spacial score (nSPS) is 14.1. The van der Waals surface area contributed by atoms with E-state index in [1.807, 2.05) is 0 Å². The molecule has 0 aromatic rings. The van der Waals surface area contributed by atoms with Crippen LogP contribution in [0.25, 0.3) is 0 Å². The van der Waals surface area contributed by atoms with Crippen LogP contribution in [0.4, 0.5) is 0 Å². The lowest BCUT2D eigenvalue weighted by atomic mass is 10.1. The molecular formula is C35H63NO5S. The van der Waals surface area contributed by atoms with Crippen molar-refractivity contribution in [3.63, 3.8) is 0 Å². The van der Waals surface area contributed by atoms with Crippen LogP contribution in [-0.4, -0.2) is 41.9 Å². The van der Waals surface area contributed by atoms with Crippen molar-refractivity contribution in [2.24, 2.45) is 0 Å². The van der Waals surface area contributed by atoms with E-state index in [1.54, 1.807) is 6.08 Å². The van der Waals surface area contributed by atoms with Crippen LogP contribution in [0.5, 0.6) is 0 Å². The summed E-state index contributed by atoms with van der Waals surface area (Å²) in [6, 6.07) is -1.07. The molecule has 1 amide bonds. The van der Waals surface area contributed by atoms with E-state index in [2.05, 4.69) is 55.6 Å². The van der Waals surface area contributed by atoms with E-state index >= 15 is 0 Å². The van der Waals surface area contributed by atoms with Gasteiger partial charge in [0.1, 0.15) is 0 Å². The molecule has 7 heteroatoms. The van der Waals surface area contributed by atoms with Crippen molar-refractivity contribution in [1.29, 1.82) is 0 Å². The molecule has 0 radical (unpaired) electrons. The quantitative estimate of drug-likeness (QED) is 0.0446. The molecule has 0 saturated heterocycles. The van der Waals surface area contributed by atoms with E-state index in [4.69, 9.17) is 0 Å². The van der Waals surface area contributed by atoms with Crippen LogP contribution in [0.15, 0.2) is 48.6 Å². The molecule has 3 N–H and O–H groups in total. The molecule has 42 heavy (non-hydrogen) atoms. The Labute approximate surface area is 259 Å². The molecule has 0 aliphatic heterocycles.